The molecule has 1 aromatic carbocycles. The molecule has 0 aliphatic carbocycles. The molecule has 0 saturated heterocycles. The molecule has 1 atom stereocenters. The lowest BCUT2D eigenvalue weighted by atomic mass is 9.96. The Bertz CT molecular complexity index is 906. The summed E-state index contributed by atoms with van der Waals surface area (Å²) in [4.78, 5) is 27.3. The summed E-state index contributed by atoms with van der Waals surface area (Å²) in [6.07, 6.45) is 2.17. The number of pyridine rings is 1. The summed E-state index contributed by atoms with van der Waals surface area (Å²) in [6.45, 7) is 9.25. The van der Waals surface area contributed by atoms with E-state index in [2.05, 4.69) is 16.9 Å². The van der Waals surface area contributed by atoms with E-state index in [4.69, 9.17) is 16.2 Å². The summed E-state index contributed by atoms with van der Waals surface area (Å²) < 4.78 is 5.80. The van der Waals surface area contributed by atoms with Crippen molar-refractivity contribution in [2.75, 3.05) is 11.9 Å². The second-order valence-electron chi connectivity index (χ2n) is 7.26. The number of nitrogens with zero attached hydrogens (tertiary/aromatic N) is 1. The van der Waals surface area contributed by atoms with Gasteiger partial charge < -0.3 is 21.5 Å². The first kappa shape index (κ1) is 21.1. The molecule has 148 valence electrons. The van der Waals surface area contributed by atoms with E-state index in [0.717, 1.165) is 16.7 Å². The summed E-state index contributed by atoms with van der Waals surface area (Å²) in [5.74, 6) is -0.0344. The minimum atomic E-state index is -0.613. The number of aromatic nitrogens is 1. The van der Waals surface area contributed by atoms with Gasteiger partial charge in [0.05, 0.1) is 11.1 Å². The van der Waals surface area contributed by atoms with Crippen molar-refractivity contribution in [3.05, 3.63) is 54.2 Å². The van der Waals surface area contributed by atoms with Crippen molar-refractivity contribution in [2.45, 2.75) is 32.7 Å². The molecule has 0 aliphatic rings. The Morgan fingerprint density at radius 2 is 1.89 bits per heavy atom. The number of hydrogen-bond acceptors (Lipinski definition) is 5. The summed E-state index contributed by atoms with van der Waals surface area (Å²) in [7, 11) is 0. The van der Waals surface area contributed by atoms with Crippen LogP contribution in [-0.2, 0) is 4.79 Å². The van der Waals surface area contributed by atoms with Crippen LogP contribution in [0.5, 0.6) is 5.75 Å². The minimum Gasteiger partial charge on any atom is -0.491 e. The molecule has 1 heterocycles. The Balaban J connectivity index is 2.29. The van der Waals surface area contributed by atoms with Gasteiger partial charge in [-0.2, -0.15) is 0 Å². The molecule has 0 bridgehead atoms. The number of anilines is 1. The van der Waals surface area contributed by atoms with Crippen molar-refractivity contribution >= 4 is 17.6 Å². The molecule has 0 aliphatic heterocycles. The molecule has 2 amide bonds. The SMILES string of the molecule is C=C(C)CC(C)(N)COc1ccc(-c2ccnc(NC(C)=O)c2)cc1C(N)=O. The first-order valence-electron chi connectivity index (χ1n) is 8.81. The number of hydrogen-bond donors (Lipinski definition) is 3. The van der Waals surface area contributed by atoms with Gasteiger partial charge in [-0.25, -0.2) is 4.98 Å². The molecule has 0 spiro atoms. The number of carbonyl (C=O) groups excluding carboxylic acids is 2. The lowest BCUT2D eigenvalue weighted by Crippen LogP contribution is -2.42. The Morgan fingerprint density at radius 1 is 1.21 bits per heavy atom. The van der Waals surface area contributed by atoms with Gasteiger partial charge in [-0.3, -0.25) is 9.59 Å². The fraction of sp³-hybridized carbons (Fsp3) is 0.286. The molecule has 1 aromatic heterocycles. The highest BCUT2D eigenvalue weighted by molar-refractivity contribution is 5.97. The van der Waals surface area contributed by atoms with Crippen molar-refractivity contribution in [1.82, 2.24) is 4.98 Å². The first-order chi connectivity index (χ1) is 13.1. The highest BCUT2D eigenvalue weighted by Crippen LogP contribution is 2.28. The van der Waals surface area contributed by atoms with Crippen LogP contribution in [0.4, 0.5) is 5.82 Å². The normalized spacial score (nSPS) is 12.7. The zero-order valence-electron chi connectivity index (χ0n) is 16.4. The van der Waals surface area contributed by atoms with Crippen molar-refractivity contribution in [1.29, 1.82) is 0 Å². The maximum absolute atomic E-state index is 11.9. The minimum absolute atomic E-state index is 0.210. The third-order valence-electron chi connectivity index (χ3n) is 3.91. The lowest BCUT2D eigenvalue weighted by Gasteiger charge is -2.25. The van der Waals surface area contributed by atoms with E-state index in [1.807, 2.05) is 13.8 Å². The van der Waals surface area contributed by atoms with Gasteiger partial charge in [0.15, 0.2) is 0 Å². The molecule has 0 saturated carbocycles. The monoisotopic (exact) mass is 382 g/mol. The number of nitrogens with one attached hydrogen (secondary N) is 1. The molecule has 2 aromatic rings. The maximum Gasteiger partial charge on any atom is 0.252 e. The van der Waals surface area contributed by atoms with Gasteiger partial charge >= 0.3 is 0 Å². The molecule has 0 radical (unpaired) electrons. The maximum atomic E-state index is 11.9. The van der Waals surface area contributed by atoms with Crippen LogP contribution >= 0.6 is 0 Å². The van der Waals surface area contributed by atoms with Crippen molar-refractivity contribution in [2.24, 2.45) is 11.5 Å². The van der Waals surface area contributed by atoms with E-state index in [1.54, 1.807) is 36.5 Å². The Kier molecular flexibility index (Phi) is 6.53. The summed E-state index contributed by atoms with van der Waals surface area (Å²) in [6, 6.07) is 8.63. The fourth-order valence-corrected chi connectivity index (χ4v) is 2.87. The number of ether oxygens (including phenoxy) is 1. The van der Waals surface area contributed by atoms with Gasteiger partial charge in [0.1, 0.15) is 18.2 Å². The third kappa shape index (κ3) is 5.92. The van der Waals surface area contributed by atoms with E-state index in [-0.39, 0.29) is 18.1 Å². The smallest absolute Gasteiger partial charge is 0.252 e. The molecule has 2 rings (SSSR count). The molecular formula is C21H26N4O3. The van der Waals surface area contributed by atoms with Crippen LogP contribution in [0.15, 0.2) is 48.7 Å². The molecule has 5 N–H and O–H groups in total. The average molecular weight is 382 g/mol. The predicted molar refractivity (Wildman–Crippen MR) is 110 cm³/mol. The highest BCUT2D eigenvalue weighted by atomic mass is 16.5. The van der Waals surface area contributed by atoms with Gasteiger partial charge in [-0.05, 0) is 55.7 Å². The van der Waals surface area contributed by atoms with Gasteiger partial charge in [-0.1, -0.05) is 11.6 Å². The molecule has 1 unspecified atom stereocenters. The summed E-state index contributed by atoms with van der Waals surface area (Å²) in [5, 5.41) is 2.63. The Labute approximate surface area is 164 Å². The third-order valence-corrected chi connectivity index (χ3v) is 3.91. The van der Waals surface area contributed by atoms with Crippen LogP contribution < -0.4 is 21.5 Å². The number of primary amides is 1. The van der Waals surface area contributed by atoms with E-state index >= 15 is 0 Å². The zero-order chi connectivity index (χ0) is 20.9. The number of carbonyl (C=O) groups is 2. The summed E-state index contributed by atoms with van der Waals surface area (Å²) >= 11 is 0. The highest BCUT2D eigenvalue weighted by Gasteiger charge is 2.21. The Morgan fingerprint density at radius 3 is 2.50 bits per heavy atom. The topological polar surface area (TPSA) is 120 Å². The van der Waals surface area contributed by atoms with Gasteiger partial charge in [0.25, 0.3) is 5.91 Å². The van der Waals surface area contributed by atoms with Crippen LogP contribution in [0.1, 0.15) is 37.6 Å². The molecular weight excluding hydrogens is 356 g/mol. The van der Waals surface area contributed by atoms with E-state index < -0.39 is 11.4 Å². The van der Waals surface area contributed by atoms with Crippen LogP contribution in [0.3, 0.4) is 0 Å². The fourth-order valence-electron chi connectivity index (χ4n) is 2.87. The molecule has 28 heavy (non-hydrogen) atoms. The van der Waals surface area contributed by atoms with Gasteiger partial charge in [0.2, 0.25) is 5.91 Å². The molecule has 7 heteroatoms. The number of rotatable bonds is 8. The van der Waals surface area contributed by atoms with Crippen molar-refractivity contribution in [3.8, 4) is 16.9 Å². The van der Waals surface area contributed by atoms with Crippen LogP contribution in [0.25, 0.3) is 11.1 Å². The van der Waals surface area contributed by atoms with Crippen molar-refractivity contribution in [3.63, 3.8) is 0 Å². The van der Waals surface area contributed by atoms with Gasteiger partial charge in [-0.15, -0.1) is 6.58 Å². The standard InChI is InChI=1S/C21H26N4O3/c1-13(2)11-21(4,23)12-28-18-6-5-15(9-17(18)20(22)27)16-7-8-24-19(10-16)25-14(3)26/h5-10H,1,11-12,23H2,2-4H3,(H2,22,27)(H,24,25,26). The quantitative estimate of drug-likeness (QED) is 0.606. The number of benzene rings is 1. The average Bonchev–Trinajstić information content (AvgIpc) is 2.58. The second-order valence-corrected chi connectivity index (χ2v) is 7.26. The molecule has 0 fully saturated rings. The lowest BCUT2D eigenvalue weighted by molar-refractivity contribution is -0.114. The second kappa shape index (κ2) is 8.67. The predicted octanol–water partition coefficient (Wildman–Crippen LogP) is 2.87. The van der Waals surface area contributed by atoms with Crippen molar-refractivity contribution < 1.29 is 14.3 Å². The zero-order valence-corrected chi connectivity index (χ0v) is 16.4. The number of nitrogens with two attached hydrogens (primary N) is 2. The molecule has 7 nitrogen and oxygen atoms in total. The number of amides is 2. The van der Waals surface area contributed by atoms with Gasteiger partial charge in [0, 0.05) is 13.1 Å². The van der Waals surface area contributed by atoms with Crippen LogP contribution in [-0.4, -0.2) is 28.9 Å². The van der Waals surface area contributed by atoms with Crippen LogP contribution in [0, 0.1) is 0 Å². The summed E-state index contributed by atoms with van der Waals surface area (Å²) in [5.41, 5.74) is 13.9. The van der Waals surface area contributed by atoms with Crippen LogP contribution in [0.2, 0.25) is 0 Å². The Hall–Kier alpha value is -3.19. The van der Waals surface area contributed by atoms with E-state index in [9.17, 15) is 9.59 Å². The largest absolute Gasteiger partial charge is 0.491 e. The van der Waals surface area contributed by atoms with E-state index in [1.165, 1.54) is 6.92 Å². The first-order valence-corrected chi connectivity index (χ1v) is 8.81. The van der Waals surface area contributed by atoms with E-state index in [0.29, 0.717) is 18.0 Å².